The van der Waals surface area contributed by atoms with Crippen LogP contribution in [0.25, 0.3) is 0 Å². The van der Waals surface area contributed by atoms with E-state index in [0.29, 0.717) is 19.5 Å². The summed E-state index contributed by atoms with van der Waals surface area (Å²) < 4.78 is 4.66. The van der Waals surface area contributed by atoms with Crippen molar-refractivity contribution in [3.8, 4) is 0 Å². The largest absolute Gasteiger partial charge is 0.481 e. The number of rotatable bonds is 3. The number of likely N-dealkylation sites (tertiary alicyclic amines) is 1. The van der Waals surface area contributed by atoms with Crippen LogP contribution in [0.5, 0.6) is 0 Å². The SMILES string of the molecule is O=C(O)C1CCN(CC(=O)N2CCOC2=O)C1. The first kappa shape index (κ1) is 11.8. The predicted octanol–water partition coefficient (Wildman–Crippen LogP) is -0.628. The summed E-state index contributed by atoms with van der Waals surface area (Å²) in [5.74, 6) is -1.56. The molecule has 0 aliphatic carbocycles. The average Bonchev–Trinajstić information content (AvgIpc) is 2.86. The van der Waals surface area contributed by atoms with E-state index in [1.54, 1.807) is 4.90 Å². The van der Waals surface area contributed by atoms with Crippen LogP contribution in [0.15, 0.2) is 0 Å². The maximum Gasteiger partial charge on any atom is 0.416 e. The lowest BCUT2D eigenvalue weighted by Crippen LogP contribution is -2.40. The molecule has 2 aliphatic heterocycles. The van der Waals surface area contributed by atoms with Gasteiger partial charge in [-0.1, -0.05) is 0 Å². The molecule has 1 N–H and O–H groups in total. The maximum atomic E-state index is 11.7. The van der Waals surface area contributed by atoms with Gasteiger partial charge in [-0.3, -0.25) is 14.5 Å². The molecule has 2 saturated heterocycles. The molecule has 0 radical (unpaired) electrons. The molecule has 94 valence electrons. The number of nitrogens with zero attached hydrogens (tertiary/aromatic N) is 2. The zero-order valence-corrected chi connectivity index (χ0v) is 9.29. The molecule has 0 aromatic rings. The van der Waals surface area contributed by atoms with Crippen molar-refractivity contribution in [2.75, 3.05) is 32.8 Å². The fourth-order valence-electron chi connectivity index (χ4n) is 2.07. The monoisotopic (exact) mass is 242 g/mol. The molecule has 2 aliphatic rings. The molecule has 2 heterocycles. The predicted molar refractivity (Wildman–Crippen MR) is 55.2 cm³/mol. The van der Waals surface area contributed by atoms with Crippen molar-refractivity contribution in [1.29, 1.82) is 0 Å². The Morgan fingerprint density at radius 2 is 2.18 bits per heavy atom. The number of carbonyl (C=O) groups excluding carboxylic acids is 2. The highest BCUT2D eigenvalue weighted by molar-refractivity contribution is 5.94. The van der Waals surface area contributed by atoms with Crippen LogP contribution in [0.4, 0.5) is 4.79 Å². The smallest absolute Gasteiger partial charge is 0.416 e. The molecule has 0 saturated carbocycles. The fraction of sp³-hybridized carbons (Fsp3) is 0.700. The summed E-state index contributed by atoms with van der Waals surface area (Å²) in [5.41, 5.74) is 0. The standard InChI is InChI=1S/C10H14N2O5/c13-8(12-3-4-17-10(12)16)6-11-2-1-7(5-11)9(14)15/h7H,1-6H2,(H,14,15). The summed E-state index contributed by atoms with van der Waals surface area (Å²) in [7, 11) is 0. The van der Waals surface area contributed by atoms with Crippen LogP contribution in [0, 0.1) is 5.92 Å². The van der Waals surface area contributed by atoms with Crippen LogP contribution in [-0.4, -0.2) is 65.7 Å². The number of cyclic esters (lactones) is 1. The minimum atomic E-state index is -0.833. The lowest BCUT2D eigenvalue weighted by Gasteiger charge is -2.17. The Kier molecular flexibility index (Phi) is 3.28. The molecular weight excluding hydrogens is 228 g/mol. The van der Waals surface area contributed by atoms with Crippen LogP contribution in [-0.2, 0) is 14.3 Å². The normalized spacial score (nSPS) is 25.1. The van der Waals surface area contributed by atoms with E-state index in [9.17, 15) is 14.4 Å². The molecule has 1 unspecified atom stereocenters. The average molecular weight is 242 g/mol. The van der Waals surface area contributed by atoms with Gasteiger partial charge in [0.05, 0.1) is 19.0 Å². The highest BCUT2D eigenvalue weighted by Crippen LogP contribution is 2.16. The van der Waals surface area contributed by atoms with Crippen molar-refractivity contribution >= 4 is 18.0 Å². The van der Waals surface area contributed by atoms with Gasteiger partial charge >= 0.3 is 12.1 Å². The molecule has 2 rings (SSSR count). The van der Waals surface area contributed by atoms with Gasteiger partial charge in [0.1, 0.15) is 6.61 Å². The second kappa shape index (κ2) is 4.70. The number of carboxylic acid groups (broad SMARTS) is 1. The van der Waals surface area contributed by atoms with E-state index in [2.05, 4.69) is 4.74 Å². The Labute approximate surface area is 97.9 Å². The number of carboxylic acids is 1. The molecule has 0 aromatic heterocycles. The zero-order chi connectivity index (χ0) is 12.4. The van der Waals surface area contributed by atoms with Gasteiger partial charge in [0.15, 0.2) is 0 Å². The summed E-state index contributed by atoms with van der Waals surface area (Å²) in [6.45, 7) is 1.55. The van der Waals surface area contributed by atoms with Crippen LogP contribution in [0.1, 0.15) is 6.42 Å². The minimum absolute atomic E-state index is 0.0822. The first-order chi connectivity index (χ1) is 8.08. The number of ether oxygens (including phenoxy) is 1. The fourth-order valence-corrected chi connectivity index (χ4v) is 2.07. The number of hydrogen-bond donors (Lipinski definition) is 1. The van der Waals surface area contributed by atoms with Gasteiger partial charge in [-0.2, -0.15) is 0 Å². The number of carbonyl (C=O) groups is 3. The Hall–Kier alpha value is -1.63. The highest BCUT2D eigenvalue weighted by atomic mass is 16.6. The van der Waals surface area contributed by atoms with Crippen molar-refractivity contribution in [2.45, 2.75) is 6.42 Å². The molecule has 1 atom stereocenters. The third-order valence-electron chi connectivity index (χ3n) is 3.04. The zero-order valence-electron chi connectivity index (χ0n) is 9.29. The van der Waals surface area contributed by atoms with E-state index in [1.807, 2.05) is 0 Å². The van der Waals surface area contributed by atoms with E-state index in [0.717, 1.165) is 4.90 Å². The number of amides is 2. The molecular formula is C10H14N2O5. The minimum Gasteiger partial charge on any atom is -0.481 e. The first-order valence-corrected chi connectivity index (χ1v) is 5.50. The molecule has 7 nitrogen and oxygen atoms in total. The molecule has 7 heteroatoms. The van der Waals surface area contributed by atoms with Crippen molar-refractivity contribution in [1.82, 2.24) is 9.80 Å². The van der Waals surface area contributed by atoms with Gasteiger partial charge in [-0.05, 0) is 13.0 Å². The van der Waals surface area contributed by atoms with E-state index in [-0.39, 0.29) is 25.6 Å². The summed E-state index contributed by atoms with van der Waals surface area (Å²) in [6.07, 6.45) is -0.0588. The number of hydrogen-bond acceptors (Lipinski definition) is 5. The van der Waals surface area contributed by atoms with Gasteiger partial charge in [0.2, 0.25) is 5.91 Å². The van der Waals surface area contributed by atoms with Gasteiger partial charge in [0.25, 0.3) is 0 Å². The summed E-state index contributed by atoms with van der Waals surface area (Å²) in [6, 6.07) is 0. The second-order valence-corrected chi connectivity index (χ2v) is 4.22. The third kappa shape index (κ3) is 2.55. The molecule has 0 bridgehead atoms. The van der Waals surface area contributed by atoms with E-state index in [4.69, 9.17) is 5.11 Å². The van der Waals surface area contributed by atoms with Crippen molar-refractivity contribution in [3.63, 3.8) is 0 Å². The first-order valence-electron chi connectivity index (χ1n) is 5.50. The lowest BCUT2D eigenvalue weighted by atomic mass is 10.1. The summed E-state index contributed by atoms with van der Waals surface area (Å²) in [4.78, 5) is 36.4. The molecule has 17 heavy (non-hydrogen) atoms. The van der Waals surface area contributed by atoms with Crippen LogP contribution < -0.4 is 0 Å². The number of imide groups is 1. The van der Waals surface area contributed by atoms with Gasteiger partial charge in [0, 0.05) is 6.54 Å². The quantitative estimate of drug-likeness (QED) is 0.709. The number of aliphatic carboxylic acids is 1. The van der Waals surface area contributed by atoms with Gasteiger partial charge < -0.3 is 9.84 Å². The Morgan fingerprint density at radius 1 is 1.41 bits per heavy atom. The topological polar surface area (TPSA) is 87.2 Å². The highest BCUT2D eigenvalue weighted by Gasteiger charge is 2.33. The molecule has 2 amide bonds. The van der Waals surface area contributed by atoms with E-state index in [1.165, 1.54) is 0 Å². The third-order valence-corrected chi connectivity index (χ3v) is 3.04. The Balaban J connectivity index is 1.84. The van der Waals surface area contributed by atoms with Crippen molar-refractivity contribution in [3.05, 3.63) is 0 Å². The van der Waals surface area contributed by atoms with Crippen molar-refractivity contribution < 1.29 is 24.2 Å². The molecule has 0 spiro atoms. The van der Waals surface area contributed by atoms with E-state index < -0.39 is 18.0 Å². The second-order valence-electron chi connectivity index (χ2n) is 4.22. The van der Waals surface area contributed by atoms with Crippen LogP contribution >= 0.6 is 0 Å². The van der Waals surface area contributed by atoms with Gasteiger partial charge in [-0.25, -0.2) is 9.69 Å². The van der Waals surface area contributed by atoms with E-state index >= 15 is 0 Å². The Morgan fingerprint density at radius 3 is 2.71 bits per heavy atom. The Bertz CT molecular complexity index is 357. The molecule has 2 fully saturated rings. The summed E-state index contributed by atoms with van der Waals surface area (Å²) >= 11 is 0. The molecule has 0 aromatic carbocycles. The maximum absolute atomic E-state index is 11.7. The van der Waals surface area contributed by atoms with Crippen LogP contribution in [0.3, 0.4) is 0 Å². The van der Waals surface area contributed by atoms with Crippen LogP contribution in [0.2, 0.25) is 0 Å². The summed E-state index contributed by atoms with van der Waals surface area (Å²) in [5, 5.41) is 8.82. The van der Waals surface area contributed by atoms with Crippen molar-refractivity contribution in [2.24, 2.45) is 5.92 Å². The lowest BCUT2D eigenvalue weighted by molar-refractivity contribution is -0.141. The van der Waals surface area contributed by atoms with Gasteiger partial charge in [-0.15, -0.1) is 0 Å².